The molecular weight excluding hydrogens is 758 g/mol. The summed E-state index contributed by atoms with van der Waals surface area (Å²) in [5.41, 5.74) is 10.4. The normalized spacial score (nSPS) is 17.6. The van der Waals surface area contributed by atoms with Crippen molar-refractivity contribution in [1.82, 2.24) is 20.0 Å². The molecule has 3 aliphatic heterocycles. The van der Waals surface area contributed by atoms with Crippen LogP contribution in [0.2, 0.25) is 0 Å². The molecule has 1 atom stereocenters. The third kappa shape index (κ3) is 7.96. The zero-order valence-electron chi connectivity index (χ0n) is 26.9. The van der Waals surface area contributed by atoms with Crippen LogP contribution in [0.15, 0.2) is 69.6 Å². The summed E-state index contributed by atoms with van der Waals surface area (Å²) >= 11 is 6.98. The summed E-state index contributed by atoms with van der Waals surface area (Å²) < 4.78 is 1.38. The van der Waals surface area contributed by atoms with E-state index in [2.05, 4.69) is 47.4 Å². The number of halogens is 2. The molecule has 6 rings (SSSR count). The zero-order valence-corrected chi connectivity index (χ0v) is 30.1. The fourth-order valence-corrected chi connectivity index (χ4v) is 8.07. The standard InChI is InChI=1S/C35H39Br2N7O5/c36-27-18-22(19-28(37)31(27)38)20-30(32(45)42-16-14-41(15-17-42)26-6-3-5-24(21-26)33(46)47)40-34(48)43-11-9-25(10-12-43)44-13-8-23-4-1-2-7-29(23)39-35(44)49/h1-7,18-19,21,25,30H,8-17,20,38H2,(H,39,49)(H,40,48)(H,46,47)/t30-/m0/s1. The van der Waals surface area contributed by atoms with Gasteiger partial charge < -0.3 is 41.1 Å². The van der Waals surface area contributed by atoms with E-state index >= 15 is 0 Å². The summed E-state index contributed by atoms with van der Waals surface area (Å²) in [7, 11) is 0. The van der Waals surface area contributed by atoms with Crippen molar-refractivity contribution >= 4 is 72.9 Å². The number of carboxylic acids is 1. The molecule has 0 spiro atoms. The summed E-state index contributed by atoms with van der Waals surface area (Å²) in [4.78, 5) is 59.8. The highest BCUT2D eigenvalue weighted by Crippen LogP contribution is 2.31. The van der Waals surface area contributed by atoms with E-state index < -0.39 is 12.0 Å². The fourth-order valence-electron chi connectivity index (χ4n) is 6.79. The number of likely N-dealkylation sites (tertiary alicyclic amines) is 1. The van der Waals surface area contributed by atoms with Gasteiger partial charge in [0.05, 0.1) is 11.3 Å². The average Bonchev–Trinajstić information content (AvgIpc) is 3.28. The average molecular weight is 798 g/mol. The Morgan fingerprint density at radius 1 is 0.898 bits per heavy atom. The molecule has 0 bridgehead atoms. The van der Waals surface area contributed by atoms with Gasteiger partial charge in [-0.25, -0.2) is 14.4 Å². The molecule has 0 unspecified atom stereocenters. The van der Waals surface area contributed by atoms with Crippen LogP contribution in [0, 0.1) is 0 Å². The van der Waals surface area contributed by atoms with Gasteiger partial charge in [0.15, 0.2) is 0 Å². The first-order valence-electron chi connectivity index (χ1n) is 16.4. The molecule has 0 aromatic heterocycles. The zero-order chi connectivity index (χ0) is 34.7. The molecule has 14 heteroatoms. The number of benzene rings is 3. The predicted molar refractivity (Wildman–Crippen MR) is 195 cm³/mol. The molecular formula is C35H39Br2N7O5. The van der Waals surface area contributed by atoms with Crippen LogP contribution in [-0.4, -0.2) is 102 Å². The van der Waals surface area contributed by atoms with E-state index in [1.807, 2.05) is 47.4 Å². The molecule has 3 aliphatic rings. The number of anilines is 3. The van der Waals surface area contributed by atoms with Crippen LogP contribution >= 0.6 is 31.9 Å². The van der Waals surface area contributed by atoms with Gasteiger partial charge in [-0.15, -0.1) is 0 Å². The number of amides is 5. The monoisotopic (exact) mass is 795 g/mol. The van der Waals surface area contributed by atoms with Crippen molar-refractivity contribution in [3.05, 3.63) is 86.3 Å². The largest absolute Gasteiger partial charge is 0.478 e. The summed E-state index contributed by atoms with van der Waals surface area (Å²) in [6, 6.07) is 17.1. The van der Waals surface area contributed by atoms with Crippen LogP contribution in [0.5, 0.6) is 0 Å². The number of nitrogens with one attached hydrogen (secondary N) is 2. The van der Waals surface area contributed by atoms with Gasteiger partial charge in [-0.2, -0.15) is 0 Å². The van der Waals surface area contributed by atoms with Gasteiger partial charge in [-0.05, 0) is 98.6 Å². The van der Waals surface area contributed by atoms with E-state index in [4.69, 9.17) is 5.73 Å². The Balaban J connectivity index is 1.10. The van der Waals surface area contributed by atoms with Gasteiger partial charge in [0.1, 0.15) is 6.04 Å². The quantitative estimate of drug-likeness (QED) is 0.246. The highest BCUT2D eigenvalue weighted by Gasteiger charge is 2.34. The van der Waals surface area contributed by atoms with Crippen molar-refractivity contribution in [2.24, 2.45) is 0 Å². The van der Waals surface area contributed by atoms with Crippen molar-refractivity contribution in [2.45, 2.75) is 37.8 Å². The molecule has 5 amide bonds. The Kier molecular flexibility index (Phi) is 10.6. The van der Waals surface area contributed by atoms with Crippen LogP contribution in [0.3, 0.4) is 0 Å². The number of fused-ring (bicyclic) bond motifs is 1. The summed E-state index contributed by atoms with van der Waals surface area (Å²) in [6.45, 7) is 3.42. The lowest BCUT2D eigenvalue weighted by molar-refractivity contribution is -0.133. The van der Waals surface area contributed by atoms with Crippen molar-refractivity contribution in [3.8, 4) is 0 Å². The number of hydrogen-bond donors (Lipinski definition) is 4. The number of nitrogens with two attached hydrogens (primary N) is 1. The van der Waals surface area contributed by atoms with Crippen LogP contribution in [0.4, 0.5) is 26.7 Å². The van der Waals surface area contributed by atoms with Gasteiger partial charge in [-0.1, -0.05) is 24.3 Å². The molecule has 3 heterocycles. The Hall–Kier alpha value is -4.30. The SMILES string of the molecule is Nc1c(Br)cc(C[C@H](NC(=O)N2CCC(N3CCc4ccccc4NC3=O)CC2)C(=O)N2CCN(c3cccc(C(=O)O)c3)CC2)cc1Br. The molecule has 3 aromatic rings. The lowest BCUT2D eigenvalue weighted by Gasteiger charge is -2.39. The van der Waals surface area contributed by atoms with Gasteiger partial charge in [0.2, 0.25) is 5.91 Å². The summed E-state index contributed by atoms with van der Waals surface area (Å²) in [5.74, 6) is -1.18. The number of nitrogen functional groups attached to an aromatic ring is 1. The summed E-state index contributed by atoms with van der Waals surface area (Å²) in [6.07, 6.45) is 2.30. The van der Waals surface area contributed by atoms with Crippen molar-refractivity contribution < 1.29 is 24.3 Å². The van der Waals surface area contributed by atoms with Gasteiger partial charge >= 0.3 is 18.0 Å². The van der Waals surface area contributed by atoms with Gasteiger partial charge in [0, 0.05) is 78.6 Å². The Bertz CT molecular complexity index is 1720. The second-order valence-electron chi connectivity index (χ2n) is 12.6. The van der Waals surface area contributed by atoms with Crippen LogP contribution in [0.1, 0.15) is 34.3 Å². The first-order valence-corrected chi connectivity index (χ1v) is 18.0. The van der Waals surface area contributed by atoms with E-state index in [0.29, 0.717) is 73.3 Å². The van der Waals surface area contributed by atoms with E-state index in [1.54, 1.807) is 28.0 Å². The molecule has 0 saturated carbocycles. The maximum absolute atomic E-state index is 14.1. The number of carbonyl (C=O) groups excluding carboxylic acids is 3. The van der Waals surface area contributed by atoms with Crippen LogP contribution in [0.25, 0.3) is 0 Å². The Morgan fingerprint density at radius 2 is 1.59 bits per heavy atom. The lowest BCUT2D eigenvalue weighted by atomic mass is 10.0. The Morgan fingerprint density at radius 3 is 2.29 bits per heavy atom. The molecule has 0 aliphatic carbocycles. The molecule has 258 valence electrons. The maximum atomic E-state index is 14.1. The van der Waals surface area contributed by atoms with E-state index in [0.717, 1.165) is 28.9 Å². The number of piperazine rings is 1. The predicted octanol–water partition coefficient (Wildman–Crippen LogP) is 5.02. The molecule has 12 nitrogen and oxygen atoms in total. The minimum atomic E-state index is -0.988. The number of piperidine rings is 1. The first-order chi connectivity index (χ1) is 23.6. The lowest BCUT2D eigenvalue weighted by Crippen LogP contribution is -2.58. The van der Waals surface area contributed by atoms with Crippen molar-refractivity contribution in [2.75, 3.05) is 61.8 Å². The minimum Gasteiger partial charge on any atom is -0.478 e. The smallest absolute Gasteiger partial charge is 0.335 e. The molecule has 0 radical (unpaired) electrons. The molecule has 49 heavy (non-hydrogen) atoms. The second kappa shape index (κ2) is 15.1. The van der Waals surface area contributed by atoms with Crippen molar-refractivity contribution in [1.29, 1.82) is 0 Å². The molecule has 5 N–H and O–H groups in total. The van der Waals surface area contributed by atoms with Crippen molar-refractivity contribution in [3.63, 3.8) is 0 Å². The van der Waals surface area contributed by atoms with E-state index in [-0.39, 0.29) is 36.0 Å². The number of carbonyl (C=O) groups is 4. The van der Waals surface area contributed by atoms with E-state index in [9.17, 15) is 24.3 Å². The number of urea groups is 2. The molecule has 3 aromatic carbocycles. The number of hydrogen-bond acceptors (Lipinski definition) is 6. The maximum Gasteiger partial charge on any atom is 0.335 e. The number of aromatic carboxylic acids is 1. The Labute approximate surface area is 301 Å². The fraction of sp³-hybridized carbons (Fsp3) is 0.371. The number of nitrogens with zero attached hydrogens (tertiary/aromatic N) is 4. The topological polar surface area (TPSA) is 152 Å². The highest BCUT2D eigenvalue weighted by atomic mass is 79.9. The minimum absolute atomic E-state index is 0.00718. The third-order valence-corrected chi connectivity index (χ3v) is 10.9. The van der Waals surface area contributed by atoms with Gasteiger partial charge in [-0.3, -0.25) is 4.79 Å². The first kappa shape index (κ1) is 34.6. The molecule has 2 saturated heterocycles. The van der Waals surface area contributed by atoms with Crippen LogP contribution < -0.4 is 21.3 Å². The second-order valence-corrected chi connectivity index (χ2v) is 14.3. The number of rotatable bonds is 7. The molecule has 2 fully saturated rings. The van der Waals surface area contributed by atoms with Crippen LogP contribution in [-0.2, 0) is 17.6 Å². The number of carboxylic acid groups (broad SMARTS) is 1. The van der Waals surface area contributed by atoms with Gasteiger partial charge in [0.25, 0.3) is 0 Å². The number of para-hydroxylation sites is 1. The summed E-state index contributed by atoms with van der Waals surface area (Å²) in [5, 5.41) is 15.5. The highest BCUT2D eigenvalue weighted by molar-refractivity contribution is 9.11. The van der Waals surface area contributed by atoms with E-state index in [1.165, 1.54) is 0 Å². The third-order valence-electron chi connectivity index (χ3n) is 9.56.